The van der Waals surface area contributed by atoms with Gasteiger partial charge in [0, 0.05) is 5.57 Å². The third kappa shape index (κ3) is 19.1. The van der Waals surface area contributed by atoms with E-state index in [9.17, 15) is 9.59 Å². The molecule has 0 aromatic carbocycles. The molecule has 112 valence electrons. The third-order valence-corrected chi connectivity index (χ3v) is 1.51. The van der Waals surface area contributed by atoms with Crippen molar-refractivity contribution in [2.75, 3.05) is 39.6 Å². The Morgan fingerprint density at radius 1 is 0.895 bits per heavy atom. The van der Waals surface area contributed by atoms with Crippen molar-refractivity contribution in [2.24, 2.45) is 0 Å². The fraction of sp³-hybridized carbons (Fsp3) is 0.636. The van der Waals surface area contributed by atoms with E-state index < -0.39 is 18.4 Å². The van der Waals surface area contributed by atoms with Crippen LogP contribution in [0.3, 0.4) is 0 Å². The van der Waals surface area contributed by atoms with Crippen molar-refractivity contribution in [1.82, 2.24) is 0 Å². The number of ether oxygens (including phenoxy) is 2. The van der Waals surface area contributed by atoms with Crippen LogP contribution in [-0.4, -0.2) is 72.0 Å². The number of aliphatic hydroxyl groups is 2. The molecule has 0 saturated carbocycles. The van der Waals surface area contributed by atoms with E-state index in [0.29, 0.717) is 26.4 Å². The van der Waals surface area contributed by atoms with E-state index in [1.807, 2.05) is 0 Å². The lowest BCUT2D eigenvalue weighted by atomic mass is 10.2. The molecule has 0 amide bonds. The molecule has 0 aromatic rings. The summed E-state index contributed by atoms with van der Waals surface area (Å²) in [6.07, 6.45) is -0.505. The molecule has 0 unspecified atom stereocenters. The lowest BCUT2D eigenvalue weighted by Gasteiger charge is -2.01. The van der Waals surface area contributed by atoms with E-state index in [1.54, 1.807) is 0 Å². The Balaban J connectivity index is 0. The monoisotopic (exact) mass is 280 g/mol. The van der Waals surface area contributed by atoms with E-state index in [4.69, 9.17) is 29.9 Å². The van der Waals surface area contributed by atoms with Crippen LogP contribution in [0.1, 0.15) is 6.42 Å². The third-order valence-electron chi connectivity index (χ3n) is 1.51. The number of hydrogen-bond donors (Lipinski definition) is 4. The first kappa shape index (κ1) is 19.9. The van der Waals surface area contributed by atoms with Gasteiger partial charge in [-0.15, -0.1) is 0 Å². The highest BCUT2D eigenvalue weighted by Gasteiger charge is 2.07. The number of carboxylic acids is 2. The van der Waals surface area contributed by atoms with Crippen LogP contribution < -0.4 is 0 Å². The van der Waals surface area contributed by atoms with Crippen molar-refractivity contribution in [3.63, 3.8) is 0 Å². The van der Waals surface area contributed by atoms with E-state index in [1.165, 1.54) is 0 Å². The number of carbonyl (C=O) groups is 2. The van der Waals surface area contributed by atoms with Gasteiger partial charge in [-0.1, -0.05) is 6.58 Å². The Labute approximate surface area is 110 Å². The summed E-state index contributed by atoms with van der Waals surface area (Å²) in [6, 6.07) is 0. The van der Waals surface area contributed by atoms with Gasteiger partial charge in [0.05, 0.1) is 46.1 Å². The van der Waals surface area contributed by atoms with Crippen LogP contribution in [0, 0.1) is 0 Å². The molecule has 0 aliphatic rings. The average Bonchev–Trinajstić information content (AvgIpc) is 2.33. The van der Waals surface area contributed by atoms with Crippen molar-refractivity contribution >= 4 is 11.9 Å². The van der Waals surface area contributed by atoms with Crippen molar-refractivity contribution < 1.29 is 39.5 Å². The fourth-order valence-corrected chi connectivity index (χ4v) is 0.709. The quantitative estimate of drug-likeness (QED) is 0.299. The molecule has 0 radical (unpaired) electrons. The summed E-state index contributed by atoms with van der Waals surface area (Å²) in [5.74, 6) is -2.44. The maximum absolute atomic E-state index is 9.87. The first-order chi connectivity index (χ1) is 8.95. The highest BCUT2D eigenvalue weighted by Crippen LogP contribution is 1.95. The first-order valence-corrected chi connectivity index (χ1v) is 5.45. The molecule has 0 rings (SSSR count). The number of carboxylic acid groups (broad SMARTS) is 2. The molecule has 8 nitrogen and oxygen atoms in total. The molecule has 0 bridgehead atoms. The molecule has 0 heterocycles. The van der Waals surface area contributed by atoms with E-state index in [2.05, 4.69) is 6.58 Å². The van der Waals surface area contributed by atoms with Gasteiger partial charge in [0.25, 0.3) is 0 Å². The van der Waals surface area contributed by atoms with E-state index in [-0.39, 0.29) is 18.8 Å². The van der Waals surface area contributed by atoms with Crippen LogP contribution in [0.4, 0.5) is 0 Å². The molecule has 0 fully saturated rings. The van der Waals surface area contributed by atoms with Crippen molar-refractivity contribution in [3.8, 4) is 0 Å². The highest BCUT2D eigenvalue weighted by molar-refractivity contribution is 5.91. The maximum Gasteiger partial charge on any atom is 0.331 e. The Morgan fingerprint density at radius 3 is 1.53 bits per heavy atom. The Hall–Kier alpha value is -1.48. The van der Waals surface area contributed by atoms with Gasteiger partial charge in [-0.05, 0) is 0 Å². The van der Waals surface area contributed by atoms with Crippen LogP contribution in [0.2, 0.25) is 0 Å². The number of aliphatic carboxylic acids is 2. The van der Waals surface area contributed by atoms with Crippen LogP contribution in [0.15, 0.2) is 12.2 Å². The van der Waals surface area contributed by atoms with Crippen molar-refractivity contribution in [2.45, 2.75) is 6.42 Å². The lowest BCUT2D eigenvalue weighted by Crippen LogP contribution is -2.09. The zero-order valence-electron chi connectivity index (χ0n) is 10.6. The number of hydrogen-bond acceptors (Lipinski definition) is 6. The molecular weight excluding hydrogens is 260 g/mol. The van der Waals surface area contributed by atoms with E-state index in [0.717, 1.165) is 0 Å². The molecule has 0 aromatic heterocycles. The minimum Gasteiger partial charge on any atom is -0.481 e. The predicted octanol–water partition coefficient (Wildman–Crippen LogP) is -0.894. The zero-order chi connectivity index (χ0) is 15.1. The van der Waals surface area contributed by atoms with E-state index >= 15 is 0 Å². The van der Waals surface area contributed by atoms with Gasteiger partial charge >= 0.3 is 11.9 Å². The average molecular weight is 280 g/mol. The number of aliphatic hydroxyl groups excluding tert-OH is 2. The van der Waals surface area contributed by atoms with Crippen LogP contribution in [-0.2, 0) is 19.1 Å². The molecule has 0 saturated heterocycles. The minimum atomic E-state index is -1.27. The van der Waals surface area contributed by atoms with Gasteiger partial charge in [-0.2, -0.15) is 0 Å². The minimum absolute atomic E-state index is 0.0417. The smallest absolute Gasteiger partial charge is 0.331 e. The van der Waals surface area contributed by atoms with Gasteiger partial charge < -0.3 is 29.9 Å². The second-order valence-corrected chi connectivity index (χ2v) is 3.15. The SMILES string of the molecule is C=C(CC(=O)O)C(=O)O.OCCOCCOCCO. The largest absolute Gasteiger partial charge is 0.481 e. The summed E-state index contributed by atoms with van der Waals surface area (Å²) < 4.78 is 9.75. The topological polar surface area (TPSA) is 134 Å². The molecule has 19 heavy (non-hydrogen) atoms. The first-order valence-electron chi connectivity index (χ1n) is 5.45. The second kappa shape index (κ2) is 14.6. The van der Waals surface area contributed by atoms with Gasteiger partial charge in [0.2, 0.25) is 0 Å². The van der Waals surface area contributed by atoms with Crippen molar-refractivity contribution in [3.05, 3.63) is 12.2 Å². The Kier molecular flexibility index (Phi) is 15.2. The Bertz CT molecular complexity index is 255. The summed E-state index contributed by atoms with van der Waals surface area (Å²) in [4.78, 5) is 19.7. The normalized spacial score (nSPS) is 9.37. The molecule has 4 N–H and O–H groups in total. The number of rotatable bonds is 10. The van der Waals surface area contributed by atoms with Crippen LogP contribution >= 0.6 is 0 Å². The highest BCUT2D eigenvalue weighted by atomic mass is 16.5. The summed E-state index contributed by atoms with van der Waals surface area (Å²) in [6.45, 7) is 4.74. The molecule has 0 aliphatic carbocycles. The van der Waals surface area contributed by atoms with Gasteiger partial charge in [0.15, 0.2) is 0 Å². The van der Waals surface area contributed by atoms with Gasteiger partial charge in [0.1, 0.15) is 0 Å². The summed E-state index contributed by atoms with van der Waals surface area (Å²) in [7, 11) is 0. The maximum atomic E-state index is 9.87. The fourth-order valence-electron chi connectivity index (χ4n) is 0.709. The second-order valence-electron chi connectivity index (χ2n) is 3.15. The zero-order valence-corrected chi connectivity index (χ0v) is 10.6. The van der Waals surface area contributed by atoms with Crippen molar-refractivity contribution in [1.29, 1.82) is 0 Å². The summed E-state index contributed by atoms with van der Waals surface area (Å²) >= 11 is 0. The predicted molar refractivity (Wildman–Crippen MR) is 64.8 cm³/mol. The molecule has 0 atom stereocenters. The molecule has 0 aliphatic heterocycles. The lowest BCUT2D eigenvalue weighted by molar-refractivity contribution is -0.139. The Morgan fingerprint density at radius 2 is 1.32 bits per heavy atom. The standard InChI is InChI=1S/C6H14O4.C5H6O4/c7-1-3-9-5-6-10-4-2-8;1-3(5(8)9)2-4(6)7/h7-8H,1-6H2;1-2H2,(H,6,7)(H,8,9). The summed E-state index contributed by atoms with van der Waals surface area (Å²) in [5, 5.41) is 32.6. The molecule has 8 heteroatoms. The summed E-state index contributed by atoms with van der Waals surface area (Å²) in [5.41, 5.74) is -0.303. The van der Waals surface area contributed by atoms with Gasteiger partial charge in [-0.25, -0.2) is 4.79 Å². The molecular formula is C11H20O8. The molecule has 0 spiro atoms. The van der Waals surface area contributed by atoms with Crippen LogP contribution in [0.5, 0.6) is 0 Å². The van der Waals surface area contributed by atoms with Crippen LogP contribution in [0.25, 0.3) is 0 Å². The van der Waals surface area contributed by atoms with Gasteiger partial charge in [-0.3, -0.25) is 4.79 Å².